The summed E-state index contributed by atoms with van der Waals surface area (Å²) in [5, 5.41) is 1.81. The number of benzene rings is 1. The van der Waals surface area contributed by atoms with Gasteiger partial charge in [-0.05, 0) is 28.1 Å². The second-order valence-electron chi connectivity index (χ2n) is 4.71. The molecule has 0 radical (unpaired) electrons. The molecule has 0 saturated heterocycles. The highest BCUT2D eigenvalue weighted by molar-refractivity contribution is 9.10. The number of amides is 1. The van der Waals surface area contributed by atoms with Crippen molar-refractivity contribution in [3.8, 4) is 0 Å². The highest BCUT2D eigenvalue weighted by Gasteiger charge is 2.07. The van der Waals surface area contributed by atoms with Crippen LogP contribution in [0.4, 0.5) is 4.39 Å². The van der Waals surface area contributed by atoms with E-state index < -0.39 is 0 Å². The molecule has 0 aliphatic heterocycles. The molecule has 2 aromatic heterocycles. The zero-order chi connectivity index (χ0) is 16.2. The first-order valence-electron chi connectivity index (χ1n) is 6.70. The summed E-state index contributed by atoms with van der Waals surface area (Å²) < 4.78 is 16.2. The Morgan fingerprint density at radius 1 is 1.35 bits per heavy atom. The maximum absolute atomic E-state index is 13.8. The number of aromatic nitrogens is 2. The third kappa shape index (κ3) is 3.80. The van der Waals surface area contributed by atoms with E-state index in [0.29, 0.717) is 26.9 Å². The van der Waals surface area contributed by atoms with Gasteiger partial charge in [0.2, 0.25) is 0 Å². The fourth-order valence-electron chi connectivity index (χ4n) is 2.00. The number of carbonyl (C=O) groups excluding carboxylic acids is 1. The molecule has 1 aromatic carbocycles. The summed E-state index contributed by atoms with van der Waals surface area (Å²) in [7, 11) is 0. The second kappa shape index (κ2) is 6.97. The lowest BCUT2D eigenvalue weighted by Crippen LogP contribution is -2.17. The smallest absolute Gasteiger partial charge is 0.281 e. The Bertz CT molecular complexity index is 919. The summed E-state index contributed by atoms with van der Waals surface area (Å²) in [5.41, 5.74) is 0.939. The quantitative estimate of drug-likeness (QED) is 0.684. The number of rotatable bonds is 3. The normalized spacial score (nSPS) is 11.7. The van der Waals surface area contributed by atoms with Crippen LogP contribution in [-0.2, 0) is 6.54 Å². The van der Waals surface area contributed by atoms with E-state index in [1.54, 1.807) is 41.2 Å². The molecule has 116 valence electrons. The number of halogens is 2. The fourth-order valence-corrected chi connectivity index (χ4v) is 3.09. The van der Waals surface area contributed by atoms with Gasteiger partial charge in [-0.2, -0.15) is 4.99 Å². The minimum atomic E-state index is -0.386. The van der Waals surface area contributed by atoms with Crippen LogP contribution in [0.1, 0.15) is 15.9 Å². The van der Waals surface area contributed by atoms with Crippen molar-refractivity contribution in [1.29, 1.82) is 0 Å². The first kappa shape index (κ1) is 15.8. The van der Waals surface area contributed by atoms with E-state index in [4.69, 9.17) is 0 Å². The number of hydrogen-bond acceptors (Lipinski definition) is 3. The molecule has 2 heterocycles. The van der Waals surface area contributed by atoms with Gasteiger partial charge in [-0.1, -0.05) is 18.2 Å². The van der Waals surface area contributed by atoms with Crippen LogP contribution in [0.5, 0.6) is 0 Å². The topological polar surface area (TPSA) is 47.2 Å². The van der Waals surface area contributed by atoms with Crippen LogP contribution in [0.3, 0.4) is 0 Å². The molecule has 0 spiro atoms. The summed E-state index contributed by atoms with van der Waals surface area (Å²) in [6.07, 6.45) is 4.84. The molecule has 0 saturated carbocycles. The van der Waals surface area contributed by atoms with Crippen molar-refractivity contribution in [3.63, 3.8) is 0 Å². The summed E-state index contributed by atoms with van der Waals surface area (Å²) in [6.45, 7) is 0.318. The van der Waals surface area contributed by atoms with Crippen LogP contribution in [0, 0.1) is 5.82 Å². The summed E-state index contributed by atoms with van der Waals surface area (Å²) >= 11 is 4.60. The van der Waals surface area contributed by atoms with Crippen molar-refractivity contribution in [1.82, 2.24) is 9.55 Å². The van der Waals surface area contributed by atoms with Gasteiger partial charge in [0.05, 0.1) is 12.1 Å². The molecule has 0 bridgehead atoms. The molecule has 0 fully saturated rings. The molecular formula is C16H11BrFN3OS. The summed E-state index contributed by atoms with van der Waals surface area (Å²) in [6, 6.07) is 8.21. The third-order valence-electron chi connectivity index (χ3n) is 3.11. The first-order valence-corrected chi connectivity index (χ1v) is 8.38. The molecule has 0 N–H and O–H groups in total. The molecule has 0 aliphatic rings. The van der Waals surface area contributed by atoms with E-state index >= 15 is 0 Å². The van der Waals surface area contributed by atoms with Crippen molar-refractivity contribution in [2.24, 2.45) is 4.99 Å². The average molecular weight is 392 g/mol. The van der Waals surface area contributed by atoms with Crippen LogP contribution >= 0.6 is 27.3 Å². The van der Waals surface area contributed by atoms with E-state index in [1.807, 2.05) is 5.38 Å². The Hall–Kier alpha value is -2.12. The van der Waals surface area contributed by atoms with Crippen LogP contribution in [0.2, 0.25) is 0 Å². The summed E-state index contributed by atoms with van der Waals surface area (Å²) in [5.74, 6) is -0.664. The Kier molecular flexibility index (Phi) is 4.78. The average Bonchev–Trinajstić information content (AvgIpc) is 2.96. The van der Waals surface area contributed by atoms with E-state index in [-0.39, 0.29) is 11.7 Å². The number of thiazole rings is 1. The lowest BCUT2D eigenvalue weighted by atomic mass is 10.2. The Balaban J connectivity index is 1.91. The lowest BCUT2D eigenvalue weighted by molar-refractivity contribution is 0.0997. The maximum atomic E-state index is 13.8. The largest absolute Gasteiger partial charge is 0.319 e. The highest BCUT2D eigenvalue weighted by Crippen LogP contribution is 2.11. The van der Waals surface area contributed by atoms with Gasteiger partial charge in [0, 0.05) is 34.0 Å². The zero-order valence-electron chi connectivity index (χ0n) is 11.8. The molecule has 0 atom stereocenters. The Morgan fingerprint density at radius 3 is 2.96 bits per heavy atom. The van der Waals surface area contributed by atoms with Crippen LogP contribution in [0.15, 0.2) is 63.8 Å². The van der Waals surface area contributed by atoms with Crippen molar-refractivity contribution < 1.29 is 9.18 Å². The van der Waals surface area contributed by atoms with Gasteiger partial charge in [-0.25, -0.2) is 4.39 Å². The van der Waals surface area contributed by atoms with Crippen molar-refractivity contribution >= 4 is 33.2 Å². The number of nitrogens with zero attached hydrogens (tertiary/aromatic N) is 3. The van der Waals surface area contributed by atoms with E-state index in [2.05, 4.69) is 25.9 Å². The van der Waals surface area contributed by atoms with Gasteiger partial charge in [0.15, 0.2) is 4.80 Å². The molecule has 1 amide bonds. The first-order chi connectivity index (χ1) is 11.1. The summed E-state index contributed by atoms with van der Waals surface area (Å²) in [4.78, 5) is 20.8. The standard InChI is InChI=1S/C16H11BrFN3OS/c17-13-7-12(8-19-9-13)15(22)20-16-21(5-6-23-16)10-11-3-1-2-4-14(11)18/h1-9H,10H2. The van der Waals surface area contributed by atoms with E-state index in [9.17, 15) is 9.18 Å². The van der Waals surface area contributed by atoms with Gasteiger partial charge in [0.1, 0.15) is 5.82 Å². The monoisotopic (exact) mass is 391 g/mol. The minimum Gasteiger partial charge on any atom is -0.319 e. The van der Waals surface area contributed by atoms with Gasteiger partial charge >= 0.3 is 0 Å². The van der Waals surface area contributed by atoms with Crippen LogP contribution in [0.25, 0.3) is 0 Å². The van der Waals surface area contributed by atoms with Crippen LogP contribution in [-0.4, -0.2) is 15.5 Å². The molecule has 3 aromatic rings. The van der Waals surface area contributed by atoms with E-state index in [0.717, 1.165) is 0 Å². The van der Waals surface area contributed by atoms with Crippen LogP contribution < -0.4 is 4.80 Å². The van der Waals surface area contributed by atoms with Crippen molar-refractivity contribution in [2.75, 3.05) is 0 Å². The Morgan fingerprint density at radius 2 is 2.17 bits per heavy atom. The third-order valence-corrected chi connectivity index (χ3v) is 4.34. The second-order valence-corrected chi connectivity index (χ2v) is 6.50. The zero-order valence-corrected chi connectivity index (χ0v) is 14.2. The lowest BCUT2D eigenvalue weighted by Gasteiger charge is -2.04. The predicted molar refractivity (Wildman–Crippen MR) is 89.6 cm³/mol. The van der Waals surface area contributed by atoms with Gasteiger partial charge in [-0.3, -0.25) is 9.78 Å². The molecular weight excluding hydrogens is 381 g/mol. The predicted octanol–water partition coefficient (Wildman–Crippen LogP) is 3.64. The van der Waals surface area contributed by atoms with Gasteiger partial charge in [0.25, 0.3) is 5.91 Å². The fraction of sp³-hybridized carbons (Fsp3) is 0.0625. The van der Waals surface area contributed by atoms with Gasteiger partial charge in [-0.15, -0.1) is 11.3 Å². The molecule has 3 rings (SSSR count). The SMILES string of the molecule is O=C(N=c1sccn1Cc1ccccc1F)c1cncc(Br)c1. The number of pyridine rings is 1. The molecule has 7 heteroatoms. The molecule has 23 heavy (non-hydrogen) atoms. The molecule has 0 unspecified atom stereocenters. The molecule has 4 nitrogen and oxygen atoms in total. The number of carbonyl (C=O) groups is 1. The van der Waals surface area contributed by atoms with Gasteiger partial charge < -0.3 is 4.57 Å². The van der Waals surface area contributed by atoms with Crippen molar-refractivity contribution in [3.05, 3.63) is 80.5 Å². The minimum absolute atomic E-state index is 0.278. The molecule has 0 aliphatic carbocycles. The highest BCUT2D eigenvalue weighted by atomic mass is 79.9. The Labute approximate surface area is 144 Å². The van der Waals surface area contributed by atoms with E-state index in [1.165, 1.54) is 23.6 Å². The van der Waals surface area contributed by atoms with Crippen molar-refractivity contribution in [2.45, 2.75) is 6.54 Å². The number of hydrogen-bond donors (Lipinski definition) is 0. The maximum Gasteiger partial charge on any atom is 0.281 e.